The molecule has 0 bridgehead atoms. The van der Waals surface area contributed by atoms with Crippen molar-refractivity contribution in [3.63, 3.8) is 0 Å². The van der Waals surface area contributed by atoms with Crippen molar-refractivity contribution in [3.05, 3.63) is 30.1 Å². The van der Waals surface area contributed by atoms with Crippen molar-refractivity contribution in [1.29, 1.82) is 0 Å². The fraction of sp³-hybridized carbons (Fsp3) is 0.500. The van der Waals surface area contributed by atoms with Crippen LogP contribution in [0.4, 0.5) is 14.9 Å². The highest BCUT2D eigenvalue weighted by molar-refractivity contribution is 6.10. The number of anilines is 1. The average Bonchev–Trinajstić information content (AvgIpc) is 2.90. The van der Waals surface area contributed by atoms with E-state index < -0.39 is 29.8 Å². The Hall–Kier alpha value is -2.44. The number of para-hydroxylation sites is 1. The highest BCUT2D eigenvalue weighted by atomic mass is 19.1. The van der Waals surface area contributed by atoms with E-state index in [9.17, 15) is 18.8 Å². The highest BCUT2D eigenvalue weighted by Crippen LogP contribution is 2.28. The van der Waals surface area contributed by atoms with Crippen LogP contribution in [0.25, 0.3) is 0 Å². The molecule has 4 amide bonds. The summed E-state index contributed by atoms with van der Waals surface area (Å²) in [5.74, 6) is -1.29. The van der Waals surface area contributed by atoms with Gasteiger partial charge in [-0.05, 0) is 30.9 Å². The second-order valence-electron chi connectivity index (χ2n) is 6.62. The van der Waals surface area contributed by atoms with Crippen molar-refractivity contribution in [2.75, 3.05) is 11.4 Å². The van der Waals surface area contributed by atoms with E-state index in [1.54, 1.807) is 12.1 Å². The number of amides is 4. The van der Waals surface area contributed by atoms with Gasteiger partial charge in [-0.15, -0.1) is 0 Å². The van der Waals surface area contributed by atoms with Crippen molar-refractivity contribution in [1.82, 2.24) is 10.2 Å². The fourth-order valence-electron chi connectivity index (χ4n) is 3.44. The summed E-state index contributed by atoms with van der Waals surface area (Å²) in [6.45, 7) is 4.20. The van der Waals surface area contributed by atoms with Gasteiger partial charge in [0.25, 0.3) is 5.91 Å². The van der Waals surface area contributed by atoms with Crippen LogP contribution in [0, 0.1) is 11.7 Å². The van der Waals surface area contributed by atoms with Crippen LogP contribution in [0.1, 0.15) is 33.1 Å². The Labute approximate surface area is 146 Å². The lowest BCUT2D eigenvalue weighted by molar-refractivity contribution is -0.136. The third-order valence-corrected chi connectivity index (χ3v) is 5.08. The highest BCUT2D eigenvalue weighted by Gasteiger charge is 2.48. The van der Waals surface area contributed by atoms with Crippen molar-refractivity contribution in [3.8, 4) is 0 Å². The third-order valence-electron chi connectivity index (χ3n) is 5.08. The molecule has 3 unspecified atom stereocenters. The van der Waals surface area contributed by atoms with Gasteiger partial charge in [-0.2, -0.15) is 0 Å². The third kappa shape index (κ3) is 2.99. The molecule has 2 heterocycles. The number of nitrogens with one attached hydrogen (secondary N) is 1. The Balaban J connectivity index is 1.85. The first-order valence-electron chi connectivity index (χ1n) is 8.65. The Bertz CT molecular complexity index is 709. The largest absolute Gasteiger partial charge is 0.326 e. The van der Waals surface area contributed by atoms with Gasteiger partial charge in [-0.25, -0.2) is 14.1 Å². The van der Waals surface area contributed by atoms with E-state index in [-0.39, 0.29) is 17.5 Å². The molecule has 6 nitrogen and oxygen atoms in total. The van der Waals surface area contributed by atoms with Crippen LogP contribution in [0.15, 0.2) is 24.3 Å². The van der Waals surface area contributed by atoms with E-state index >= 15 is 0 Å². The average molecular weight is 347 g/mol. The summed E-state index contributed by atoms with van der Waals surface area (Å²) >= 11 is 0. The van der Waals surface area contributed by atoms with Crippen LogP contribution in [-0.4, -0.2) is 41.4 Å². The number of carbonyl (C=O) groups excluding carboxylic acids is 3. The van der Waals surface area contributed by atoms with Crippen LogP contribution < -0.4 is 10.2 Å². The first kappa shape index (κ1) is 17.4. The molecule has 0 saturated carbocycles. The molecule has 2 fully saturated rings. The standard InChI is InChI=1S/C18H22FN3O3/c1-3-11(2)15-17(24)22(18(25)20-15)14-9-6-10-21(16(14)23)13-8-5-4-7-12(13)19/h4-5,7-8,11,14-15H,3,6,9-10H2,1-2H3,(H,20,25). The zero-order valence-corrected chi connectivity index (χ0v) is 14.4. The zero-order valence-electron chi connectivity index (χ0n) is 14.4. The number of carbonyl (C=O) groups is 3. The molecule has 1 aromatic carbocycles. The molecule has 2 aliphatic heterocycles. The second-order valence-corrected chi connectivity index (χ2v) is 6.62. The van der Waals surface area contributed by atoms with Gasteiger partial charge < -0.3 is 10.2 Å². The molecule has 0 aliphatic carbocycles. The maximum absolute atomic E-state index is 14.1. The lowest BCUT2D eigenvalue weighted by Crippen LogP contribution is -2.55. The maximum atomic E-state index is 14.1. The van der Waals surface area contributed by atoms with E-state index in [1.165, 1.54) is 17.0 Å². The predicted molar refractivity (Wildman–Crippen MR) is 90.4 cm³/mol. The number of benzene rings is 1. The summed E-state index contributed by atoms with van der Waals surface area (Å²) in [4.78, 5) is 40.2. The van der Waals surface area contributed by atoms with Crippen molar-refractivity contribution in [2.24, 2.45) is 5.92 Å². The van der Waals surface area contributed by atoms with Crippen LogP contribution >= 0.6 is 0 Å². The van der Waals surface area contributed by atoms with Gasteiger partial charge in [0.2, 0.25) is 5.91 Å². The van der Waals surface area contributed by atoms with Gasteiger partial charge in [0.1, 0.15) is 17.9 Å². The minimum Gasteiger partial charge on any atom is -0.326 e. The minimum atomic E-state index is -0.880. The number of halogens is 1. The molecular weight excluding hydrogens is 325 g/mol. The number of hydrogen-bond acceptors (Lipinski definition) is 3. The summed E-state index contributed by atoms with van der Waals surface area (Å²) in [5, 5.41) is 2.68. The molecule has 2 aliphatic rings. The molecule has 1 N–H and O–H groups in total. The molecular formula is C18H22FN3O3. The van der Waals surface area contributed by atoms with Crippen molar-refractivity contribution >= 4 is 23.5 Å². The van der Waals surface area contributed by atoms with Gasteiger partial charge in [0.15, 0.2) is 0 Å². The zero-order chi connectivity index (χ0) is 18.1. The van der Waals surface area contributed by atoms with Gasteiger partial charge in [-0.3, -0.25) is 9.59 Å². The number of piperidine rings is 1. The molecule has 25 heavy (non-hydrogen) atoms. The normalized spacial score (nSPS) is 25.3. The molecule has 3 rings (SSSR count). The predicted octanol–water partition coefficient (Wildman–Crippen LogP) is 2.29. The summed E-state index contributed by atoms with van der Waals surface area (Å²) < 4.78 is 14.1. The fourth-order valence-corrected chi connectivity index (χ4v) is 3.44. The lowest BCUT2D eigenvalue weighted by Gasteiger charge is -2.35. The maximum Gasteiger partial charge on any atom is 0.325 e. The molecule has 1 aromatic rings. The molecule has 134 valence electrons. The summed E-state index contributed by atoms with van der Waals surface area (Å²) in [5.41, 5.74) is 0.183. The minimum absolute atomic E-state index is 0.0113. The molecule has 0 aromatic heterocycles. The number of imide groups is 1. The number of rotatable bonds is 4. The smallest absolute Gasteiger partial charge is 0.325 e. The molecule has 7 heteroatoms. The Kier molecular flexibility index (Phi) is 4.74. The van der Waals surface area contributed by atoms with Crippen LogP contribution in [0.3, 0.4) is 0 Å². The number of hydrogen-bond donors (Lipinski definition) is 1. The first-order chi connectivity index (χ1) is 12.0. The van der Waals surface area contributed by atoms with Gasteiger partial charge in [0, 0.05) is 6.54 Å². The molecule has 0 spiro atoms. The molecule has 2 saturated heterocycles. The number of urea groups is 1. The Morgan fingerprint density at radius 2 is 1.96 bits per heavy atom. The Morgan fingerprint density at radius 3 is 2.64 bits per heavy atom. The van der Waals surface area contributed by atoms with E-state index in [2.05, 4.69) is 5.32 Å². The van der Waals surface area contributed by atoms with Gasteiger partial charge in [0.05, 0.1) is 5.69 Å². The lowest BCUT2D eigenvalue weighted by atomic mass is 9.97. The first-order valence-corrected chi connectivity index (χ1v) is 8.65. The van der Waals surface area contributed by atoms with Crippen LogP contribution in [-0.2, 0) is 9.59 Å². The van der Waals surface area contributed by atoms with Gasteiger partial charge in [-0.1, -0.05) is 32.4 Å². The quantitative estimate of drug-likeness (QED) is 0.850. The monoisotopic (exact) mass is 347 g/mol. The number of nitrogens with zero attached hydrogens (tertiary/aromatic N) is 2. The van der Waals surface area contributed by atoms with E-state index in [0.29, 0.717) is 19.4 Å². The van der Waals surface area contributed by atoms with Crippen LogP contribution in [0.2, 0.25) is 0 Å². The van der Waals surface area contributed by atoms with Crippen molar-refractivity contribution < 1.29 is 18.8 Å². The summed E-state index contributed by atoms with van der Waals surface area (Å²) in [6.07, 6.45) is 1.73. The molecule has 0 radical (unpaired) electrons. The Morgan fingerprint density at radius 1 is 1.24 bits per heavy atom. The summed E-state index contributed by atoms with van der Waals surface area (Å²) in [7, 11) is 0. The second kappa shape index (κ2) is 6.82. The summed E-state index contributed by atoms with van der Waals surface area (Å²) in [6, 6.07) is 4.01. The van der Waals surface area contributed by atoms with Gasteiger partial charge >= 0.3 is 6.03 Å². The van der Waals surface area contributed by atoms with Crippen molar-refractivity contribution in [2.45, 2.75) is 45.2 Å². The van der Waals surface area contributed by atoms with E-state index in [0.717, 1.165) is 11.3 Å². The molecule has 3 atom stereocenters. The van der Waals surface area contributed by atoms with Crippen LogP contribution in [0.5, 0.6) is 0 Å². The van der Waals surface area contributed by atoms with E-state index in [1.807, 2.05) is 13.8 Å². The topological polar surface area (TPSA) is 69.7 Å². The SMILES string of the molecule is CCC(C)C1NC(=O)N(C2CCCN(c3ccccc3F)C2=O)C1=O. The van der Waals surface area contributed by atoms with E-state index in [4.69, 9.17) is 0 Å².